The number of hydrogen-bond donors (Lipinski definition) is 2. The van der Waals surface area contributed by atoms with E-state index in [9.17, 15) is 18.0 Å². The van der Waals surface area contributed by atoms with Gasteiger partial charge in [-0.05, 0) is 24.6 Å². The maximum absolute atomic E-state index is 12.6. The third-order valence-electron chi connectivity index (χ3n) is 2.53. The molecule has 3 nitrogen and oxygen atoms in total. The lowest BCUT2D eigenvalue weighted by Gasteiger charge is -2.12. The van der Waals surface area contributed by atoms with Crippen LogP contribution < -0.4 is 10.6 Å². The highest BCUT2D eigenvalue weighted by atomic mass is 35.5. The van der Waals surface area contributed by atoms with Gasteiger partial charge in [-0.15, -0.1) is 0 Å². The molecule has 0 spiro atoms. The first kappa shape index (κ1) is 16.6. The van der Waals surface area contributed by atoms with Crippen LogP contribution in [-0.2, 0) is 11.0 Å². The molecule has 0 radical (unpaired) electrons. The van der Waals surface area contributed by atoms with Gasteiger partial charge >= 0.3 is 6.18 Å². The van der Waals surface area contributed by atoms with E-state index in [1.54, 1.807) is 0 Å². The van der Waals surface area contributed by atoms with Crippen molar-refractivity contribution >= 4 is 23.2 Å². The van der Waals surface area contributed by atoms with Gasteiger partial charge in [0.2, 0.25) is 5.91 Å². The molecule has 0 heterocycles. The van der Waals surface area contributed by atoms with Crippen LogP contribution in [-0.4, -0.2) is 19.0 Å². The number of halogens is 4. The number of amides is 1. The highest BCUT2D eigenvalue weighted by Gasteiger charge is 2.30. The predicted octanol–water partition coefficient (Wildman–Crippen LogP) is 3.69. The molecule has 0 aliphatic rings. The largest absolute Gasteiger partial charge is 0.416 e. The van der Waals surface area contributed by atoms with Gasteiger partial charge in [-0.3, -0.25) is 4.79 Å². The summed E-state index contributed by atoms with van der Waals surface area (Å²) >= 11 is 5.81. The van der Waals surface area contributed by atoms with Crippen LogP contribution in [0.5, 0.6) is 0 Å². The smallest absolute Gasteiger partial charge is 0.383 e. The second-order valence-electron chi connectivity index (χ2n) is 4.22. The van der Waals surface area contributed by atoms with E-state index < -0.39 is 11.7 Å². The normalized spacial score (nSPS) is 11.2. The fraction of sp³-hybridized carbons (Fsp3) is 0.462. The first-order valence-electron chi connectivity index (χ1n) is 6.22. The molecule has 1 rings (SSSR count). The van der Waals surface area contributed by atoms with E-state index in [0.29, 0.717) is 6.54 Å². The minimum atomic E-state index is -4.42. The van der Waals surface area contributed by atoms with Crippen molar-refractivity contribution in [3.63, 3.8) is 0 Å². The van der Waals surface area contributed by atoms with Gasteiger partial charge in [-0.1, -0.05) is 18.5 Å². The Morgan fingerprint density at radius 1 is 1.30 bits per heavy atom. The van der Waals surface area contributed by atoms with Crippen LogP contribution in [0.15, 0.2) is 18.2 Å². The number of carbonyl (C=O) groups excluding carboxylic acids is 1. The average molecular weight is 309 g/mol. The minimum Gasteiger partial charge on any atom is -0.383 e. The lowest BCUT2D eigenvalue weighted by atomic mass is 10.2. The molecule has 2 N–H and O–H groups in total. The van der Waals surface area contributed by atoms with Crippen molar-refractivity contribution in [2.45, 2.75) is 25.9 Å². The second-order valence-corrected chi connectivity index (χ2v) is 4.63. The van der Waals surface area contributed by atoms with Gasteiger partial charge in [0, 0.05) is 19.5 Å². The first-order chi connectivity index (χ1) is 9.34. The molecule has 1 aromatic carbocycles. The molecule has 0 aliphatic carbocycles. The Morgan fingerprint density at radius 3 is 2.60 bits per heavy atom. The Morgan fingerprint density at radius 2 is 2.00 bits per heavy atom. The number of anilines is 1. The summed E-state index contributed by atoms with van der Waals surface area (Å²) < 4.78 is 37.7. The van der Waals surface area contributed by atoms with Gasteiger partial charge in [-0.25, -0.2) is 0 Å². The quantitative estimate of drug-likeness (QED) is 0.841. The van der Waals surface area contributed by atoms with Gasteiger partial charge in [0.05, 0.1) is 16.3 Å². The Balaban J connectivity index is 2.57. The summed E-state index contributed by atoms with van der Waals surface area (Å²) in [5, 5.41) is 5.60. The molecule has 0 unspecified atom stereocenters. The zero-order valence-corrected chi connectivity index (χ0v) is 11.7. The topological polar surface area (TPSA) is 41.1 Å². The van der Waals surface area contributed by atoms with Gasteiger partial charge < -0.3 is 10.6 Å². The Bertz CT molecular complexity index is 463. The summed E-state index contributed by atoms with van der Waals surface area (Å²) in [7, 11) is 0. The molecule has 20 heavy (non-hydrogen) atoms. The summed E-state index contributed by atoms with van der Waals surface area (Å²) in [6.07, 6.45) is -3.41. The van der Waals surface area contributed by atoms with E-state index in [1.807, 2.05) is 6.92 Å². The van der Waals surface area contributed by atoms with Crippen LogP contribution in [0.4, 0.5) is 18.9 Å². The fourth-order valence-corrected chi connectivity index (χ4v) is 1.68. The Labute approximate surface area is 120 Å². The molecule has 0 atom stereocenters. The van der Waals surface area contributed by atoms with Crippen molar-refractivity contribution in [1.82, 2.24) is 5.32 Å². The van der Waals surface area contributed by atoms with Crippen LogP contribution in [0, 0.1) is 0 Å². The van der Waals surface area contributed by atoms with Gasteiger partial charge in [-0.2, -0.15) is 13.2 Å². The van der Waals surface area contributed by atoms with Crippen molar-refractivity contribution in [1.29, 1.82) is 0 Å². The molecule has 0 bridgehead atoms. The second kappa shape index (κ2) is 7.38. The highest BCUT2D eigenvalue weighted by molar-refractivity contribution is 6.33. The Kier molecular flexibility index (Phi) is 6.13. The van der Waals surface area contributed by atoms with E-state index in [0.717, 1.165) is 18.6 Å². The molecule has 1 amide bonds. The van der Waals surface area contributed by atoms with Crippen molar-refractivity contribution in [2.75, 3.05) is 18.4 Å². The van der Waals surface area contributed by atoms with Crippen LogP contribution in [0.3, 0.4) is 0 Å². The summed E-state index contributed by atoms with van der Waals surface area (Å²) in [4.78, 5) is 11.3. The number of benzene rings is 1. The molecule has 112 valence electrons. The molecule has 0 aromatic heterocycles. The van der Waals surface area contributed by atoms with Crippen LogP contribution in [0.25, 0.3) is 0 Å². The van der Waals surface area contributed by atoms with Crippen LogP contribution in [0.1, 0.15) is 25.3 Å². The molecule has 0 saturated heterocycles. The van der Waals surface area contributed by atoms with Crippen molar-refractivity contribution in [3.8, 4) is 0 Å². The number of hydrogen-bond acceptors (Lipinski definition) is 2. The van der Waals surface area contributed by atoms with E-state index in [-0.39, 0.29) is 29.6 Å². The number of carbonyl (C=O) groups is 1. The predicted molar refractivity (Wildman–Crippen MR) is 72.9 cm³/mol. The van der Waals surface area contributed by atoms with Gasteiger partial charge in [0.15, 0.2) is 0 Å². The number of rotatable bonds is 6. The molecular formula is C13H16ClF3N2O. The molecular weight excluding hydrogens is 293 g/mol. The summed E-state index contributed by atoms with van der Waals surface area (Å²) in [6, 6.07) is 3.04. The maximum atomic E-state index is 12.6. The molecule has 1 aromatic rings. The number of alkyl halides is 3. The van der Waals surface area contributed by atoms with Crippen molar-refractivity contribution < 1.29 is 18.0 Å². The fourth-order valence-electron chi connectivity index (χ4n) is 1.50. The molecule has 0 aliphatic heterocycles. The zero-order valence-electron chi connectivity index (χ0n) is 11.0. The monoisotopic (exact) mass is 308 g/mol. The lowest BCUT2D eigenvalue weighted by molar-refractivity contribution is -0.137. The van der Waals surface area contributed by atoms with Gasteiger partial charge in [0.25, 0.3) is 0 Å². The SMILES string of the molecule is CCCNC(=O)CCNc1cc(C(F)(F)F)ccc1Cl. The zero-order chi connectivity index (χ0) is 15.2. The molecule has 0 fully saturated rings. The average Bonchev–Trinajstić information content (AvgIpc) is 2.37. The molecule has 0 saturated carbocycles. The van der Waals surface area contributed by atoms with E-state index in [4.69, 9.17) is 11.6 Å². The van der Waals surface area contributed by atoms with Crippen LogP contribution in [0.2, 0.25) is 5.02 Å². The van der Waals surface area contributed by atoms with Crippen LogP contribution >= 0.6 is 11.6 Å². The minimum absolute atomic E-state index is 0.151. The Hall–Kier alpha value is -1.43. The van der Waals surface area contributed by atoms with E-state index in [1.165, 1.54) is 6.07 Å². The van der Waals surface area contributed by atoms with Gasteiger partial charge in [0.1, 0.15) is 0 Å². The lowest BCUT2D eigenvalue weighted by Crippen LogP contribution is -2.25. The highest BCUT2D eigenvalue weighted by Crippen LogP contribution is 2.33. The first-order valence-corrected chi connectivity index (χ1v) is 6.59. The third kappa shape index (κ3) is 5.28. The van der Waals surface area contributed by atoms with E-state index in [2.05, 4.69) is 10.6 Å². The standard InChI is InChI=1S/C13H16ClF3N2O/c1-2-6-19-12(20)5-7-18-11-8-9(13(15,16)17)3-4-10(11)14/h3-4,8,18H,2,5-7H2,1H3,(H,19,20). The third-order valence-corrected chi connectivity index (χ3v) is 2.86. The molecule has 7 heteroatoms. The maximum Gasteiger partial charge on any atom is 0.416 e. The summed E-state index contributed by atoms with van der Waals surface area (Å²) in [6.45, 7) is 2.74. The summed E-state index contributed by atoms with van der Waals surface area (Å²) in [5.41, 5.74) is -0.607. The number of nitrogens with one attached hydrogen (secondary N) is 2. The van der Waals surface area contributed by atoms with Crippen molar-refractivity contribution in [2.24, 2.45) is 0 Å². The van der Waals surface area contributed by atoms with Crippen molar-refractivity contribution in [3.05, 3.63) is 28.8 Å². The summed E-state index contributed by atoms with van der Waals surface area (Å²) in [5.74, 6) is -0.151. The van der Waals surface area contributed by atoms with E-state index >= 15 is 0 Å².